The number of hydrogen-bond acceptors (Lipinski definition) is 3. The van der Waals surface area contributed by atoms with Crippen LogP contribution in [0.15, 0.2) is 18.2 Å². The lowest BCUT2D eigenvalue weighted by Crippen LogP contribution is -2.39. The number of benzene rings is 1. The summed E-state index contributed by atoms with van der Waals surface area (Å²) in [5.41, 5.74) is 10.5. The van der Waals surface area contributed by atoms with Gasteiger partial charge < -0.3 is 16.8 Å². The highest BCUT2D eigenvalue weighted by Gasteiger charge is 2.20. The predicted molar refractivity (Wildman–Crippen MR) is 61.7 cm³/mol. The Bertz CT molecular complexity index is 404. The van der Waals surface area contributed by atoms with E-state index in [1.165, 1.54) is 12.1 Å². The molecule has 5 N–H and O–H groups in total. The summed E-state index contributed by atoms with van der Waals surface area (Å²) in [6, 6.07) is 4.30. The number of amides is 1. The van der Waals surface area contributed by atoms with Crippen molar-refractivity contribution >= 4 is 11.6 Å². The van der Waals surface area contributed by atoms with Crippen molar-refractivity contribution < 1.29 is 9.18 Å². The zero-order chi connectivity index (χ0) is 12.3. The largest absolute Gasteiger partial charge is 0.378 e. The van der Waals surface area contributed by atoms with Gasteiger partial charge in [-0.15, -0.1) is 0 Å². The van der Waals surface area contributed by atoms with Crippen LogP contribution in [0.4, 0.5) is 10.1 Å². The van der Waals surface area contributed by atoms with Crippen LogP contribution in [0, 0.1) is 5.82 Å². The number of carbonyl (C=O) groups is 1. The molecule has 16 heavy (non-hydrogen) atoms. The van der Waals surface area contributed by atoms with E-state index in [4.69, 9.17) is 11.5 Å². The quantitative estimate of drug-likeness (QED) is 0.717. The van der Waals surface area contributed by atoms with Gasteiger partial charge in [0.25, 0.3) is 5.91 Å². The van der Waals surface area contributed by atoms with Gasteiger partial charge >= 0.3 is 0 Å². The first-order chi connectivity index (χ1) is 7.37. The molecule has 1 rings (SSSR count). The molecule has 0 aliphatic carbocycles. The molecule has 0 atom stereocenters. The molecule has 5 heteroatoms. The van der Waals surface area contributed by atoms with Crippen LogP contribution in [0.5, 0.6) is 0 Å². The summed E-state index contributed by atoms with van der Waals surface area (Å²) in [6.07, 6.45) is 0. The number of hydrogen-bond donors (Lipinski definition) is 3. The number of carbonyl (C=O) groups excluding carboxylic acids is 1. The van der Waals surface area contributed by atoms with Gasteiger partial charge in [-0.2, -0.15) is 0 Å². The number of nitrogens with two attached hydrogens (primary N) is 2. The van der Waals surface area contributed by atoms with Crippen LogP contribution in [-0.2, 0) is 0 Å². The van der Waals surface area contributed by atoms with E-state index in [1.54, 1.807) is 6.07 Å². The van der Waals surface area contributed by atoms with Gasteiger partial charge in [0.1, 0.15) is 5.82 Å². The van der Waals surface area contributed by atoms with Crippen LogP contribution in [0.2, 0.25) is 0 Å². The Morgan fingerprint density at radius 3 is 2.62 bits per heavy atom. The van der Waals surface area contributed by atoms with E-state index in [2.05, 4.69) is 5.32 Å². The second kappa shape index (κ2) is 4.49. The van der Waals surface area contributed by atoms with Gasteiger partial charge in [0.2, 0.25) is 0 Å². The first kappa shape index (κ1) is 12.4. The van der Waals surface area contributed by atoms with Gasteiger partial charge in [0.15, 0.2) is 0 Å². The lowest BCUT2D eigenvalue weighted by Gasteiger charge is -2.26. The number of primary amides is 1. The molecule has 0 saturated carbocycles. The van der Waals surface area contributed by atoms with Gasteiger partial charge in [0.05, 0.1) is 11.3 Å². The third-order valence-electron chi connectivity index (χ3n) is 2.24. The molecular formula is C11H16FN3O. The molecule has 0 aliphatic rings. The summed E-state index contributed by atoms with van der Waals surface area (Å²) in [5, 5.41) is 2.99. The highest BCUT2D eigenvalue weighted by atomic mass is 19.1. The van der Waals surface area contributed by atoms with Crippen LogP contribution in [-0.4, -0.2) is 18.0 Å². The number of rotatable bonds is 4. The van der Waals surface area contributed by atoms with Crippen LogP contribution >= 0.6 is 0 Å². The normalized spacial score (nSPS) is 11.2. The molecule has 0 aromatic heterocycles. The maximum Gasteiger partial charge on any atom is 0.253 e. The summed E-state index contributed by atoms with van der Waals surface area (Å²) in [7, 11) is 0. The molecule has 1 aromatic carbocycles. The van der Waals surface area contributed by atoms with Crippen LogP contribution in [0.1, 0.15) is 24.2 Å². The predicted octanol–water partition coefficient (Wildman–Crippen LogP) is 1.07. The van der Waals surface area contributed by atoms with Crippen molar-refractivity contribution in [1.82, 2.24) is 0 Å². The zero-order valence-electron chi connectivity index (χ0n) is 9.38. The van der Waals surface area contributed by atoms with Crippen LogP contribution < -0.4 is 16.8 Å². The Morgan fingerprint density at radius 2 is 2.12 bits per heavy atom. The van der Waals surface area contributed by atoms with Gasteiger partial charge in [0, 0.05) is 12.1 Å². The van der Waals surface area contributed by atoms with Crippen LogP contribution in [0.25, 0.3) is 0 Å². The molecule has 0 spiro atoms. The molecule has 0 aliphatic heterocycles. The zero-order valence-corrected chi connectivity index (χ0v) is 9.38. The lowest BCUT2D eigenvalue weighted by molar-refractivity contribution is 0.0997. The average molecular weight is 225 g/mol. The Balaban J connectivity index is 3.14. The summed E-state index contributed by atoms with van der Waals surface area (Å²) in [6.45, 7) is 4.05. The molecule has 4 nitrogen and oxygen atoms in total. The molecular weight excluding hydrogens is 209 g/mol. The fourth-order valence-corrected chi connectivity index (χ4v) is 1.29. The monoisotopic (exact) mass is 225 g/mol. The Hall–Kier alpha value is -1.62. The van der Waals surface area contributed by atoms with E-state index >= 15 is 0 Å². The average Bonchev–Trinajstić information content (AvgIpc) is 2.16. The summed E-state index contributed by atoms with van der Waals surface area (Å²) < 4.78 is 13.4. The molecule has 1 aromatic rings. The minimum atomic E-state index is -0.798. The van der Waals surface area contributed by atoms with Crippen molar-refractivity contribution in [2.24, 2.45) is 11.5 Å². The number of halogens is 1. The lowest BCUT2D eigenvalue weighted by atomic mass is 10.0. The first-order valence-corrected chi connectivity index (χ1v) is 4.94. The molecule has 0 heterocycles. The number of anilines is 1. The minimum absolute atomic E-state index is 0.135. The van der Waals surface area contributed by atoms with Crippen molar-refractivity contribution in [1.29, 1.82) is 0 Å². The van der Waals surface area contributed by atoms with E-state index in [0.29, 0.717) is 12.2 Å². The minimum Gasteiger partial charge on any atom is -0.378 e. The summed E-state index contributed by atoms with van der Waals surface area (Å²) in [4.78, 5) is 11.1. The van der Waals surface area contributed by atoms with Gasteiger partial charge in [-0.25, -0.2) is 4.39 Å². The highest BCUT2D eigenvalue weighted by molar-refractivity contribution is 5.98. The Morgan fingerprint density at radius 1 is 1.50 bits per heavy atom. The second-order valence-electron chi connectivity index (χ2n) is 4.24. The second-order valence-corrected chi connectivity index (χ2v) is 4.24. The molecule has 0 unspecified atom stereocenters. The molecule has 0 fully saturated rings. The summed E-state index contributed by atoms with van der Waals surface area (Å²) in [5.74, 6) is -1.43. The summed E-state index contributed by atoms with van der Waals surface area (Å²) >= 11 is 0. The van der Waals surface area contributed by atoms with Crippen LogP contribution in [0.3, 0.4) is 0 Å². The van der Waals surface area contributed by atoms with Crippen molar-refractivity contribution in [3.05, 3.63) is 29.6 Å². The van der Waals surface area contributed by atoms with E-state index in [9.17, 15) is 9.18 Å². The molecule has 0 radical (unpaired) electrons. The fourth-order valence-electron chi connectivity index (χ4n) is 1.29. The molecule has 0 saturated heterocycles. The molecule has 0 bridgehead atoms. The standard InChI is InChI=1S/C11H16FN3O/c1-11(2,6-13)15-8-5-3-4-7(12)9(8)10(14)16/h3-5,15H,6,13H2,1-2H3,(H2,14,16). The van der Waals surface area contributed by atoms with Crippen molar-refractivity contribution in [2.45, 2.75) is 19.4 Å². The third-order valence-corrected chi connectivity index (χ3v) is 2.24. The first-order valence-electron chi connectivity index (χ1n) is 4.94. The fraction of sp³-hybridized carbons (Fsp3) is 0.364. The van der Waals surface area contributed by atoms with Crippen molar-refractivity contribution in [3.8, 4) is 0 Å². The van der Waals surface area contributed by atoms with Crippen molar-refractivity contribution in [3.63, 3.8) is 0 Å². The SMILES string of the molecule is CC(C)(CN)Nc1cccc(F)c1C(N)=O. The van der Waals surface area contributed by atoms with E-state index in [1.807, 2.05) is 13.8 Å². The highest BCUT2D eigenvalue weighted by Crippen LogP contribution is 2.21. The van der Waals surface area contributed by atoms with E-state index < -0.39 is 17.3 Å². The van der Waals surface area contributed by atoms with Gasteiger partial charge in [-0.3, -0.25) is 4.79 Å². The maximum absolute atomic E-state index is 13.4. The third kappa shape index (κ3) is 2.70. The Labute approximate surface area is 93.8 Å². The molecule has 88 valence electrons. The van der Waals surface area contributed by atoms with E-state index in [-0.39, 0.29) is 5.56 Å². The molecule has 1 amide bonds. The van der Waals surface area contributed by atoms with E-state index in [0.717, 1.165) is 0 Å². The van der Waals surface area contributed by atoms with Gasteiger partial charge in [-0.1, -0.05) is 6.07 Å². The number of nitrogens with one attached hydrogen (secondary N) is 1. The smallest absolute Gasteiger partial charge is 0.253 e. The maximum atomic E-state index is 13.4. The topological polar surface area (TPSA) is 81.1 Å². The Kier molecular flexibility index (Phi) is 3.49. The van der Waals surface area contributed by atoms with Crippen molar-refractivity contribution in [2.75, 3.05) is 11.9 Å². The van der Waals surface area contributed by atoms with Gasteiger partial charge in [-0.05, 0) is 26.0 Å².